The van der Waals surface area contributed by atoms with Crippen LogP contribution in [0.5, 0.6) is 0 Å². The number of halogens is 3. The SMILES string of the molecule is CC(Sc1ncnc2sc3c(c12)CCC3)C(=O)NCC(F)(F)F. The van der Waals surface area contributed by atoms with E-state index in [1.165, 1.54) is 28.5 Å². The summed E-state index contributed by atoms with van der Waals surface area (Å²) in [6.45, 7) is 0.265. The summed E-state index contributed by atoms with van der Waals surface area (Å²) in [5.41, 5.74) is 1.23. The Labute approximate surface area is 138 Å². The van der Waals surface area contributed by atoms with Crippen molar-refractivity contribution in [1.82, 2.24) is 15.3 Å². The smallest absolute Gasteiger partial charge is 0.346 e. The minimum Gasteiger partial charge on any atom is -0.346 e. The number of aromatic nitrogens is 2. The van der Waals surface area contributed by atoms with Crippen LogP contribution in [0.25, 0.3) is 10.2 Å². The second-order valence-electron chi connectivity index (χ2n) is 5.31. The number of amides is 1. The minimum absolute atomic E-state index is 0.647. The highest BCUT2D eigenvalue weighted by molar-refractivity contribution is 8.00. The summed E-state index contributed by atoms with van der Waals surface area (Å²) in [7, 11) is 0. The number of fused-ring (bicyclic) bond motifs is 3. The predicted molar refractivity (Wildman–Crippen MR) is 83.8 cm³/mol. The topological polar surface area (TPSA) is 54.9 Å². The van der Waals surface area contributed by atoms with Crippen LogP contribution in [0.3, 0.4) is 0 Å². The molecule has 4 nitrogen and oxygen atoms in total. The summed E-state index contributed by atoms with van der Waals surface area (Å²) in [5.74, 6) is -0.647. The molecule has 0 saturated heterocycles. The van der Waals surface area contributed by atoms with E-state index < -0.39 is 23.9 Å². The number of carbonyl (C=O) groups excluding carboxylic acids is 1. The van der Waals surface area contributed by atoms with Crippen molar-refractivity contribution < 1.29 is 18.0 Å². The van der Waals surface area contributed by atoms with Gasteiger partial charge in [-0.25, -0.2) is 9.97 Å². The third-order valence-electron chi connectivity index (χ3n) is 3.59. The lowest BCUT2D eigenvalue weighted by Gasteiger charge is -2.13. The van der Waals surface area contributed by atoms with E-state index in [0.717, 1.165) is 29.5 Å². The normalized spacial score (nSPS) is 15.7. The Morgan fingerprint density at radius 1 is 1.43 bits per heavy atom. The lowest BCUT2D eigenvalue weighted by atomic mass is 10.2. The first kappa shape index (κ1) is 16.5. The number of nitrogens with one attached hydrogen (secondary N) is 1. The third-order valence-corrected chi connectivity index (χ3v) is 5.89. The molecule has 0 fully saturated rings. The Balaban J connectivity index is 1.77. The van der Waals surface area contributed by atoms with Gasteiger partial charge in [0.05, 0.1) is 5.25 Å². The molecule has 3 rings (SSSR count). The highest BCUT2D eigenvalue weighted by Crippen LogP contribution is 2.40. The molecule has 124 valence electrons. The molecule has 2 heterocycles. The van der Waals surface area contributed by atoms with E-state index in [1.807, 2.05) is 5.32 Å². The van der Waals surface area contributed by atoms with E-state index in [2.05, 4.69) is 9.97 Å². The van der Waals surface area contributed by atoms with E-state index in [1.54, 1.807) is 18.3 Å². The Kier molecular flexibility index (Phi) is 4.50. The third kappa shape index (κ3) is 3.60. The minimum atomic E-state index is -4.41. The van der Waals surface area contributed by atoms with E-state index in [4.69, 9.17) is 0 Å². The Hall–Kier alpha value is -1.35. The van der Waals surface area contributed by atoms with Gasteiger partial charge in [-0.15, -0.1) is 11.3 Å². The average molecular weight is 361 g/mol. The maximum atomic E-state index is 12.2. The highest BCUT2D eigenvalue weighted by Gasteiger charge is 2.29. The molecule has 9 heteroatoms. The highest BCUT2D eigenvalue weighted by atomic mass is 32.2. The van der Waals surface area contributed by atoms with Crippen molar-refractivity contribution >= 4 is 39.2 Å². The van der Waals surface area contributed by atoms with Gasteiger partial charge in [-0.05, 0) is 31.7 Å². The molecule has 23 heavy (non-hydrogen) atoms. The van der Waals surface area contributed by atoms with Gasteiger partial charge in [0, 0.05) is 10.3 Å². The second kappa shape index (κ2) is 6.27. The lowest BCUT2D eigenvalue weighted by Crippen LogP contribution is -2.38. The van der Waals surface area contributed by atoms with E-state index in [9.17, 15) is 18.0 Å². The number of hydrogen-bond donors (Lipinski definition) is 1. The van der Waals surface area contributed by atoms with Crippen LogP contribution in [0.2, 0.25) is 0 Å². The van der Waals surface area contributed by atoms with Crippen LogP contribution in [-0.2, 0) is 17.6 Å². The maximum absolute atomic E-state index is 12.2. The largest absolute Gasteiger partial charge is 0.405 e. The molecule has 0 spiro atoms. The van der Waals surface area contributed by atoms with Crippen LogP contribution < -0.4 is 5.32 Å². The van der Waals surface area contributed by atoms with Gasteiger partial charge in [-0.1, -0.05) is 11.8 Å². The number of nitrogens with zero attached hydrogens (tertiary/aromatic N) is 2. The number of alkyl halides is 3. The van der Waals surface area contributed by atoms with Gasteiger partial charge in [0.15, 0.2) is 0 Å². The van der Waals surface area contributed by atoms with Gasteiger partial charge in [-0.3, -0.25) is 4.79 Å². The molecule has 0 bridgehead atoms. The molecule has 1 aliphatic rings. The Bertz CT molecular complexity index is 745. The van der Waals surface area contributed by atoms with E-state index >= 15 is 0 Å². The molecule has 1 N–H and O–H groups in total. The molecule has 1 atom stereocenters. The quantitative estimate of drug-likeness (QED) is 0.670. The van der Waals surface area contributed by atoms with Gasteiger partial charge in [0.1, 0.15) is 22.7 Å². The molecule has 0 saturated carbocycles. The lowest BCUT2D eigenvalue weighted by molar-refractivity contribution is -0.137. The first-order valence-electron chi connectivity index (χ1n) is 7.11. The van der Waals surface area contributed by atoms with Crippen LogP contribution in [0.1, 0.15) is 23.8 Å². The molecule has 1 aliphatic carbocycles. The summed E-state index contributed by atoms with van der Waals surface area (Å²) in [6, 6.07) is 0. The standard InChI is InChI=1S/C14H14F3N3OS2/c1-7(11(21)18-5-14(15,16)17)22-12-10-8-3-2-4-9(8)23-13(10)20-6-19-12/h6-7H,2-5H2,1H3,(H,18,21). The number of hydrogen-bond acceptors (Lipinski definition) is 5. The molecule has 0 aromatic carbocycles. The van der Waals surface area contributed by atoms with E-state index in [-0.39, 0.29) is 0 Å². The molecule has 0 radical (unpaired) electrons. The molecule has 1 amide bonds. The molecular weight excluding hydrogens is 347 g/mol. The van der Waals surface area contributed by atoms with Crippen LogP contribution in [-0.4, -0.2) is 33.8 Å². The summed E-state index contributed by atoms with van der Waals surface area (Å²) in [6.07, 6.45) is 0.123. The van der Waals surface area contributed by atoms with Gasteiger partial charge in [0.25, 0.3) is 0 Å². The van der Waals surface area contributed by atoms with Crippen LogP contribution in [0.4, 0.5) is 13.2 Å². The van der Waals surface area contributed by atoms with Crippen LogP contribution in [0.15, 0.2) is 11.4 Å². The zero-order valence-corrected chi connectivity index (χ0v) is 13.9. The average Bonchev–Trinajstić information content (AvgIpc) is 3.04. The monoisotopic (exact) mass is 361 g/mol. The van der Waals surface area contributed by atoms with Gasteiger partial charge in [0.2, 0.25) is 5.91 Å². The first-order valence-corrected chi connectivity index (χ1v) is 8.81. The fourth-order valence-corrected chi connectivity index (χ4v) is 4.81. The number of aryl methyl sites for hydroxylation is 2. The van der Waals surface area contributed by atoms with Crippen molar-refractivity contribution in [3.63, 3.8) is 0 Å². The fourth-order valence-electron chi connectivity index (χ4n) is 2.54. The van der Waals surface area contributed by atoms with Crippen molar-refractivity contribution in [3.8, 4) is 0 Å². The summed E-state index contributed by atoms with van der Waals surface area (Å²) >= 11 is 2.81. The van der Waals surface area contributed by atoms with Crippen LogP contribution >= 0.6 is 23.1 Å². The van der Waals surface area contributed by atoms with Gasteiger partial charge < -0.3 is 5.32 Å². The van der Waals surface area contributed by atoms with Crippen molar-refractivity contribution in [3.05, 3.63) is 16.8 Å². The fraction of sp³-hybridized carbons (Fsp3) is 0.500. The zero-order chi connectivity index (χ0) is 16.6. The summed E-state index contributed by atoms with van der Waals surface area (Å²) < 4.78 is 36.5. The Morgan fingerprint density at radius 3 is 2.96 bits per heavy atom. The van der Waals surface area contributed by atoms with E-state index in [0.29, 0.717) is 5.03 Å². The number of rotatable bonds is 4. The summed E-state index contributed by atoms with van der Waals surface area (Å²) in [4.78, 5) is 22.5. The molecule has 1 unspecified atom stereocenters. The Morgan fingerprint density at radius 2 is 2.22 bits per heavy atom. The number of carbonyl (C=O) groups is 1. The van der Waals surface area contributed by atoms with Crippen molar-refractivity contribution in [1.29, 1.82) is 0 Å². The van der Waals surface area contributed by atoms with Crippen LogP contribution in [0, 0.1) is 0 Å². The van der Waals surface area contributed by atoms with Crippen molar-refractivity contribution in [2.45, 2.75) is 42.6 Å². The number of thioether (sulfide) groups is 1. The van der Waals surface area contributed by atoms with Gasteiger partial charge in [-0.2, -0.15) is 13.2 Å². The molecular formula is C14H14F3N3OS2. The molecule has 2 aromatic heterocycles. The van der Waals surface area contributed by atoms with Crippen molar-refractivity contribution in [2.75, 3.05) is 6.54 Å². The van der Waals surface area contributed by atoms with Crippen molar-refractivity contribution in [2.24, 2.45) is 0 Å². The molecule has 0 aliphatic heterocycles. The maximum Gasteiger partial charge on any atom is 0.405 e. The van der Waals surface area contributed by atoms with Gasteiger partial charge >= 0.3 is 6.18 Å². The molecule has 2 aromatic rings. The predicted octanol–water partition coefficient (Wildman–Crippen LogP) is 3.34. The second-order valence-corrected chi connectivity index (χ2v) is 7.72. The first-order chi connectivity index (χ1) is 10.8. The summed E-state index contributed by atoms with van der Waals surface area (Å²) in [5, 5.41) is 2.89. The number of thiophene rings is 1. The zero-order valence-electron chi connectivity index (χ0n) is 12.2.